The second-order valence-corrected chi connectivity index (χ2v) is 6.97. The Bertz CT molecular complexity index is 922. The zero-order chi connectivity index (χ0) is 16.4. The molecule has 0 aromatic heterocycles. The first kappa shape index (κ1) is 15.1. The molecule has 0 amide bonds. The first-order valence-electron chi connectivity index (χ1n) is 6.84. The molecule has 5 nitrogen and oxygen atoms in total. The number of fused-ring (bicyclic) bond motifs is 1. The van der Waals surface area contributed by atoms with Gasteiger partial charge in [0.15, 0.2) is 11.5 Å². The predicted molar refractivity (Wildman–Crippen MR) is 84.5 cm³/mol. The molecule has 0 aliphatic carbocycles. The summed E-state index contributed by atoms with van der Waals surface area (Å²) in [7, 11) is -3.85. The summed E-state index contributed by atoms with van der Waals surface area (Å²) < 4.78 is 35.6. The summed E-state index contributed by atoms with van der Waals surface area (Å²) in [5.41, 5.74) is 1.50. The van der Waals surface area contributed by atoms with Crippen LogP contribution in [0.5, 0.6) is 11.5 Å². The van der Waals surface area contributed by atoms with Gasteiger partial charge < -0.3 is 9.47 Å². The van der Waals surface area contributed by atoms with E-state index in [-0.39, 0.29) is 16.6 Å². The SMILES string of the molecule is Cc1ccc(S(=O)(=O)/C(C#N)=C/c2ccc3c(c2)OCO3)cc1. The maximum absolute atomic E-state index is 12.6. The van der Waals surface area contributed by atoms with Crippen LogP contribution >= 0.6 is 0 Å². The van der Waals surface area contributed by atoms with E-state index in [4.69, 9.17) is 9.47 Å². The molecule has 2 aromatic carbocycles. The molecule has 1 heterocycles. The van der Waals surface area contributed by atoms with Gasteiger partial charge in [0.25, 0.3) is 0 Å². The fourth-order valence-electron chi connectivity index (χ4n) is 2.17. The highest BCUT2D eigenvalue weighted by Gasteiger charge is 2.21. The lowest BCUT2D eigenvalue weighted by Crippen LogP contribution is -2.03. The van der Waals surface area contributed by atoms with Crippen LogP contribution in [0, 0.1) is 18.3 Å². The Labute approximate surface area is 134 Å². The van der Waals surface area contributed by atoms with Crippen molar-refractivity contribution in [1.82, 2.24) is 0 Å². The fraction of sp³-hybridized carbons (Fsp3) is 0.118. The number of hydrogen-bond acceptors (Lipinski definition) is 5. The van der Waals surface area contributed by atoms with Gasteiger partial charge >= 0.3 is 0 Å². The lowest BCUT2D eigenvalue weighted by atomic mass is 10.2. The van der Waals surface area contributed by atoms with E-state index >= 15 is 0 Å². The van der Waals surface area contributed by atoms with E-state index in [1.807, 2.05) is 6.92 Å². The van der Waals surface area contributed by atoms with Gasteiger partial charge in [-0.25, -0.2) is 8.42 Å². The van der Waals surface area contributed by atoms with Gasteiger partial charge in [0, 0.05) is 0 Å². The number of aryl methyl sites for hydroxylation is 1. The molecule has 1 aliphatic rings. The van der Waals surface area contributed by atoms with Crippen LogP contribution in [0.3, 0.4) is 0 Å². The third-order valence-corrected chi connectivity index (χ3v) is 5.11. The molecule has 0 saturated carbocycles. The number of benzene rings is 2. The highest BCUT2D eigenvalue weighted by atomic mass is 32.2. The molecule has 116 valence electrons. The van der Waals surface area contributed by atoms with Crippen LogP contribution < -0.4 is 9.47 Å². The van der Waals surface area contributed by atoms with Crippen molar-refractivity contribution in [1.29, 1.82) is 5.26 Å². The van der Waals surface area contributed by atoms with Gasteiger partial charge in [-0.15, -0.1) is 0 Å². The molecule has 3 rings (SSSR count). The zero-order valence-electron chi connectivity index (χ0n) is 12.3. The standard InChI is InChI=1S/C17H13NO4S/c1-12-2-5-14(6-3-12)23(19,20)15(10-18)8-13-4-7-16-17(9-13)22-11-21-16/h2-9H,11H2,1H3/b15-8+. The van der Waals surface area contributed by atoms with Crippen LogP contribution in [0.15, 0.2) is 52.3 Å². The minimum atomic E-state index is -3.85. The molecule has 23 heavy (non-hydrogen) atoms. The maximum Gasteiger partial charge on any atom is 0.231 e. The molecule has 2 aromatic rings. The van der Waals surface area contributed by atoms with Crippen molar-refractivity contribution < 1.29 is 17.9 Å². The van der Waals surface area contributed by atoms with Gasteiger partial charge in [0.2, 0.25) is 16.6 Å². The Hall–Kier alpha value is -2.78. The number of rotatable bonds is 3. The van der Waals surface area contributed by atoms with Gasteiger partial charge in [-0.1, -0.05) is 23.8 Å². The van der Waals surface area contributed by atoms with Crippen LogP contribution in [-0.2, 0) is 9.84 Å². The normalized spacial score (nSPS) is 13.7. The monoisotopic (exact) mass is 327 g/mol. The highest BCUT2D eigenvalue weighted by molar-refractivity contribution is 7.95. The molecule has 0 fully saturated rings. The fourth-order valence-corrected chi connectivity index (χ4v) is 3.33. The van der Waals surface area contributed by atoms with Crippen molar-refractivity contribution in [3.8, 4) is 17.6 Å². The summed E-state index contributed by atoms with van der Waals surface area (Å²) in [5, 5.41) is 9.28. The van der Waals surface area contributed by atoms with Gasteiger partial charge in [0.05, 0.1) is 4.90 Å². The Morgan fingerprint density at radius 2 is 1.83 bits per heavy atom. The van der Waals surface area contributed by atoms with Crippen molar-refractivity contribution in [3.05, 3.63) is 58.5 Å². The third kappa shape index (κ3) is 2.91. The third-order valence-electron chi connectivity index (χ3n) is 3.43. The number of sulfone groups is 1. The quantitative estimate of drug-likeness (QED) is 0.810. The van der Waals surface area contributed by atoms with Crippen LogP contribution in [0.1, 0.15) is 11.1 Å². The summed E-state index contributed by atoms with van der Waals surface area (Å²) in [6.07, 6.45) is 1.33. The van der Waals surface area contributed by atoms with Crippen molar-refractivity contribution >= 4 is 15.9 Å². The Morgan fingerprint density at radius 3 is 2.52 bits per heavy atom. The van der Waals surface area contributed by atoms with Crippen LogP contribution in [0.2, 0.25) is 0 Å². The summed E-state index contributed by atoms with van der Waals surface area (Å²) in [6, 6.07) is 13.2. The van der Waals surface area contributed by atoms with Crippen molar-refractivity contribution in [2.24, 2.45) is 0 Å². The van der Waals surface area contributed by atoms with Crippen LogP contribution in [0.4, 0.5) is 0 Å². The van der Waals surface area contributed by atoms with E-state index in [9.17, 15) is 13.7 Å². The molecular formula is C17H13NO4S. The first-order valence-corrected chi connectivity index (χ1v) is 8.32. The smallest absolute Gasteiger partial charge is 0.231 e. The van der Waals surface area contributed by atoms with E-state index < -0.39 is 9.84 Å². The van der Waals surface area contributed by atoms with E-state index in [1.54, 1.807) is 36.4 Å². The summed E-state index contributed by atoms with van der Waals surface area (Å²) in [4.78, 5) is -0.225. The largest absolute Gasteiger partial charge is 0.454 e. The number of ether oxygens (including phenoxy) is 2. The van der Waals surface area contributed by atoms with Crippen molar-refractivity contribution in [3.63, 3.8) is 0 Å². The van der Waals surface area contributed by atoms with Crippen LogP contribution in [-0.4, -0.2) is 15.2 Å². The number of nitriles is 1. The number of nitrogens with zero attached hydrogens (tertiary/aromatic N) is 1. The molecule has 0 unspecified atom stereocenters. The lowest BCUT2D eigenvalue weighted by Gasteiger charge is -2.04. The molecule has 0 bridgehead atoms. The molecule has 0 spiro atoms. The lowest BCUT2D eigenvalue weighted by molar-refractivity contribution is 0.174. The van der Waals surface area contributed by atoms with E-state index in [2.05, 4.69) is 0 Å². The molecule has 6 heteroatoms. The maximum atomic E-state index is 12.6. The number of hydrogen-bond donors (Lipinski definition) is 0. The van der Waals surface area contributed by atoms with Gasteiger partial charge in [-0.05, 0) is 42.8 Å². The summed E-state index contributed by atoms with van der Waals surface area (Å²) in [5.74, 6) is 1.13. The number of allylic oxidation sites excluding steroid dienone is 1. The zero-order valence-corrected chi connectivity index (χ0v) is 13.1. The average molecular weight is 327 g/mol. The topological polar surface area (TPSA) is 76.4 Å². The van der Waals surface area contributed by atoms with Crippen LogP contribution in [0.25, 0.3) is 6.08 Å². The van der Waals surface area contributed by atoms with E-state index in [0.29, 0.717) is 17.1 Å². The molecule has 1 aliphatic heterocycles. The molecular weight excluding hydrogens is 314 g/mol. The molecule has 0 saturated heterocycles. The van der Waals surface area contributed by atoms with Crippen molar-refractivity contribution in [2.45, 2.75) is 11.8 Å². The predicted octanol–water partition coefficient (Wildman–Crippen LogP) is 3.06. The second kappa shape index (κ2) is 5.78. The Morgan fingerprint density at radius 1 is 1.13 bits per heavy atom. The van der Waals surface area contributed by atoms with Gasteiger partial charge in [-0.2, -0.15) is 5.26 Å². The van der Waals surface area contributed by atoms with E-state index in [0.717, 1.165) is 5.56 Å². The molecule has 0 N–H and O–H groups in total. The average Bonchev–Trinajstić information content (AvgIpc) is 3.00. The van der Waals surface area contributed by atoms with Gasteiger partial charge in [0.1, 0.15) is 11.0 Å². The highest BCUT2D eigenvalue weighted by Crippen LogP contribution is 2.33. The van der Waals surface area contributed by atoms with E-state index in [1.165, 1.54) is 18.2 Å². The minimum absolute atomic E-state index is 0.0941. The second-order valence-electron chi connectivity index (χ2n) is 5.05. The summed E-state index contributed by atoms with van der Waals surface area (Å²) in [6.45, 7) is 2.00. The molecule has 0 atom stereocenters. The minimum Gasteiger partial charge on any atom is -0.454 e. The first-order chi connectivity index (χ1) is 11.0. The summed E-state index contributed by atoms with van der Waals surface area (Å²) >= 11 is 0. The Kier molecular flexibility index (Phi) is 3.80. The van der Waals surface area contributed by atoms with Crippen molar-refractivity contribution in [2.75, 3.05) is 6.79 Å². The Balaban J connectivity index is 2.02. The van der Waals surface area contributed by atoms with Gasteiger partial charge in [-0.3, -0.25) is 0 Å². The molecule has 0 radical (unpaired) electrons.